The van der Waals surface area contributed by atoms with Gasteiger partial charge in [0.25, 0.3) is 0 Å². The van der Waals surface area contributed by atoms with E-state index < -0.39 is 0 Å². The van der Waals surface area contributed by atoms with E-state index in [0.717, 1.165) is 56.7 Å². The Hall–Kier alpha value is -2.34. The van der Waals surface area contributed by atoms with E-state index >= 15 is 0 Å². The summed E-state index contributed by atoms with van der Waals surface area (Å²) in [5.41, 5.74) is 2.67. The van der Waals surface area contributed by atoms with E-state index in [-0.39, 0.29) is 0 Å². The molecule has 0 amide bonds. The number of anilines is 2. The fraction of sp³-hybridized carbons (Fsp3) is 0.474. The summed E-state index contributed by atoms with van der Waals surface area (Å²) in [6.07, 6.45) is 2.85. The summed E-state index contributed by atoms with van der Waals surface area (Å²) >= 11 is 0. The second-order valence-corrected chi connectivity index (χ2v) is 6.66. The third-order valence-electron chi connectivity index (χ3n) is 5.25. The molecule has 1 atom stereocenters. The van der Waals surface area contributed by atoms with Crippen LogP contribution in [0.5, 0.6) is 5.75 Å². The van der Waals surface area contributed by atoms with Gasteiger partial charge in [-0.25, -0.2) is 4.98 Å². The fourth-order valence-electron chi connectivity index (χ4n) is 3.60. The molecule has 0 bridgehead atoms. The highest BCUT2D eigenvalue weighted by Crippen LogP contribution is 2.31. The van der Waals surface area contributed by atoms with E-state index in [2.05, 4.69) is 50.2 Å². The lowest BCUT2D eigenvalue weighted by Crippen LogP contribution is -2.47. The maximum atomic E-state index is 5.72. The Morgan fingerprint density at radius 2 is 2.00 bits per heavy atom. The predicted molar refractivity (Wildman–Crippen MR) is 99.4 cm³/mol. The Morgan fingerprint density at radius 1 is 1.16 bits per heavy atom. The van der Waals surface area contributed by atoms with E-state index in [1.54, 1.807) is 0 Å². The quantitative estimate of drug-likeness (QED) is 0.923. The number of benzene rings is 1. The molecular formula is C19H25N5O. The summed E-state index contributed by atoms with van der Waals surface area (Å²) < 4.78 is 5.72. The van der Waals surface area contributed by atoms with Gasteiger partial charge in [0.2, 0.25) is 5.95 Å². The molecule has 2 aliphatic rings. The monoisotopic (exact) mass is 339 g/mol. The minimum Gasteiger partial charge on any atom is -0.493 e. The van der Waals surface area contributed by atoms with Crippen LogP contribution >= 0.6 is 0 Å². The van der Waals surface area contributed by atoms with Crippen molar-refractivity contribution in [3.05, 3.63) is 41.6 Å². The molecule has 1 N–H and O–H groups in total. The van der Waals surface area contributed by atoms with Crippen LogP contribution in [0.1, 0.15) is 24.1 Å². The van der Waals surface area contributed by atoms with Crippen molar-refractivity contribution >= 4 is 11.8 Å². The Labute approximate surface area is 148 Å². The Balaban J connectivity index is 1.41. The van der Waals surface area contributed by atoms with Gasteiger partial charge in [-0.1, -0.05) is 12.1 Å². The van der Waals surface area contributed by atoms with E-state index in [4.69, 9.17) is 4.74 Å². The van der Waals surface area contributed by atoms with Gasteiger partial charge >= 0.3 is 0 Å². The minimum atomic E-state index is 0.390. The fourth-order valence-corrected chi connectivity index (χ4v) is 3.60. The molecule has 4 rings (SSSR count). The SMILES string of the molecule is CNc1ccnc(N2CCN(C(C)c3ccc4c(c3)OCC4)CC2)n1. The lowest BCUT2D eigenvalue weighted by atomic mass is 10.0. The van der Waals surface area contributed by atoms with Crippen LogP contribution in [0.25, 0.3) is 0 Å². The van der Waals surface area contributed by atoms with Crippen molar-refractivity contribution in [1.29, 1.82) is 0 Å². The Morgan fingerprint density at radius 3 is 2.80 bits per heavy atom. The summed E-state index contributed by atoms with van der Waals surface area (Å²) in [7, 11) is 1.88. The van der Waals surface area contributed by atoms with Crippen LogP contribution < -0.4 is 15.0 Å². The second-order valence-electron chi connectivity index (χ2n) is 6.66. The molecule has 0 aliphatic carbocycles. The van der Waals surface area contributed by atoms with Crippen LogP contribution in [0.2, 0.25) is 0 Å². The van der Waals surface area contributed by atoms with Crippen LogP contribution in [0, 0.1) is 0 Å². The normalized spacial score (nSPS) is 18.6. The van der Waals surface area contributed by atoms with Crippen molar-refractivity contribution in [2.24, 2.45) is 0 Å². The molecule has 132 valence electrons. The minimum absolute atomic E-state index is 0.390. The molecule has 1 saturated heterocycles. The van der Waals surface area contributed by atoms with Crippen molar-refractivity contribution in [3.8, 4) is 5.75 Å². The van der Waals surface area contributed by atoms with Crippen LogP contribution in [-0.2, 0) is 6.42 Å². The van der Waals surface area contributed by atoms with Crippen LogP contribution in [0.15, 0.2) is 30.5 Å². The zero-order valence-electron chi connectivity index (χ0n) is 14.9. The van der Waals surface area contributed by atoms with Gasteiger partial charge in [0.05, 0.1) is 6.61 Å². The zero-order valence-corrected chi connectivity index (χ0v) is 14.9. The number of hydrogen-bond acceptors (Lipinski definition) is 6. The Bertz CT molecular complexity index is 742. The summed E-state index contributed by atoms with van der Waals surface area (Å²) in [6, 6.07) is 8.98. The first-order valence-corrected chi connectivity index (χ1v) is 9.00. The molecule has 1 aromatic heterocycles. The number of piperazine rings is 1. The molecule has 2 aliphatic heterocycles. The number of aromatic nitrogens is 2. The van der Waals surface area contributed by atoms with Gasteiger partial charge in [-0.15, -0.1) is 0 Å². The van der Waals surface area contributed by atoms with Gasteiger partial charge < -0.3 is 15.0 Å². The van der Waals surface area contributed by atoms with Gasteiger partial charge in [-0.2, -0.15) is 4.98 Å². The summed E-state index contributed by atoms with van der Waals surface area (Å²) in [5, 5.41) is 3.08. The van der Waals surface area contributed by atoms with Gasteiger partial charge in [0.1, 0.15) is 11.6 Å². The molecule has 1 unspecified atom stereocenters. The highest BCUT2D eigenvalue weighted by atomic mass is 16.5. The van der Waals surface area contributed by atoms with Crippen molar-refractivity contribution < 1.29 is 4.74 Å². The first-order valence-electron chi connectivity index (χ1n) is 9.00. The van der Waals surface area contributed by atoms with Crippen molar-refractivity contribution in [1.82, 2.24) is 14.9 Å². The molecular weight excluding hydrogens is 314 g/mol. The molecule has 6 nitrogen and oxygen atoms in total. The zero-order chi connectivity index (χ0) is 17.2. The van der Waals surface area contributed by atoms with Crippen LogP contribution in [0.3, 0.4) is 0 Å². The molecule has 0 radical (unpaired) electrons. The maximum Gasteiger partial charge on any atom is 0.227 e. The number of hydrogen-bond donors (Lipinski definition) is 1. The van der Waals surface area contributed by atoms with Gasteiger partial charge in [0.15, 0.2) is 0 Å². The van der Waals surface area contributed by atoms with Crippen molar-refractivity contribution in [3.63, 3.8) is 0 Å². The van der Waals surface area contributed by atoms with Gasteiger partial charge in [0, 0.05) is 51.9 Å². The van der Waals surface area contributed by atoms with E-state index in [1.165, 1.54) is 11.1 Å². The van der Waals surface area contributed by atoms with E-state index in [9.17, 15) is 0 Å². The molecule has 1 aromatic carbocycles. The standard InChI is InChI=1S/C19H25N5O/c1-14(16-4-3-15-6-12-25-17(15)13-16)23-8-10-24(11-9-23)19-21-7-5-18(20-2)22-19/h3-5,7,13-14H,6,8-12H2,1-2H3,(H,20,21,22). The van der Waals surface area contributed by atoms with Crippen LogP contribution in [0.4, 0.5) is 11.8 Å². The number of fused-ring (bicyclic) bond motifs is 1. The van der Waals surface area contributed by atoms with Crippen molar-refractivity contribution in [2.75, 3.05) is 50.1 Å². The number of rotatable bonds is 4. The van der Waals surface area contributed by atoms with Gasteiger partial charge in [-0.05, 0) is 30.2 Å². The van der Waals surface area contributed by atoms with E-state index in [1.807, 2.05) is 19.3 Å². The second kappa shape index (κ2) is 6.88. The molecule has 3 heterocycles. The molecule has 2 aromatic rings. The highest BCUT2D eigenvalue weighted by molar-refractivity contribution is 5.42. The number of ether oxygens (including phenoxy) is 1. The number of nitrogens with one attached hydrogen (secondary N) is 1. The number of nitrogens with zero attached hydrogens (tertiary/aromatic N) is 4. The largest absolute Gasteiger partial charge is 0.493 e. The average molecular weight is 339 g/mol. The smallest absolute Gasteiger partial charge is 0.227 e. The maximum absolute atomic E-state index is 5.72. The summed E-state index contributed by atoms with van der Waals surface area (Å²) in [6.45, 7) is 7.00. The topological polar surface area (TPSA) is 53.5 Å². The summed E-state index contributed by atoms with van der Waals surface area (Å²) in [4.78, 5) is 13.8. The molecule has 1 fully saturated rings. The highest BCUT2D eigenvalue weighted by Gasteiger charge is 2.24. The third kappa shape index (κ3) is 3.26. The summed E-state index contributed by atoms with van der Waals surface area (Å²) in [5.74, 6) is 2.74. The van der Waals surface area contributed by atoms with E-state index in [0.29, 0.717) is 6.04 Å². The average Bonchev–Trinajstić information content (AvgIpc) is 3.15. The Kier molecular flexibility index (Phi) is 4.44. The molecule has 0 saturated carbocycles. The van der Waals surface area contributed by atoms with Crippen molar-refractivity contribution in [2.45, 2.75) is 19.4 Å². The van der Waals surface area contributed by atoms with Crippen LogP contribution in [-0.4, -0.2) is 54.7 Å². The third-order valence-corrected chi connectivity index (χ3v) is 5.25. The first kappa shape index (κ1) is 16.1. The van der Waals surface area contributed by atoms with Gasteiger partial charge in [-0.3, -0.25) is 4.90 Å². The lowest BCUT2D eigenvalue weighted by Gasteiger charge is -2.38. The molecule has 0 spiro atoms. The molecule has 25 heavy (non-hydrogen) atoms. The molecule has 6 heteroatoms. The lowest BCUT2D eigenvalue weighted by molar-refractivity contribution is 0.197. The first-order chi connectivity index (χ1) is 12.2. The predicted octanol–water partition coefficient (Wildman–Crippen LogP) is 2.34.